The first-order valence-corrected chi connectivity index (χ1v) is 11.9. The lowest BCUT2D eigenvalue weighted by Gasteiger charge is -2.09. The van der Waals surface area contributed by atoms with E-state index in [-0.39, 0.29) is 4.90 Å². The smallest absolute Gasteiger partial charge is 0.216 e. The fraction of sp³-hybridized carbons (Fsp3) is 0.0769. The van der Waals surface area contributed by atoms with Crippen LogP contribution in [-0.4, -0.2) is 32.4 Å². The number of allylic oxidation sites excluding steroid dienone is 1. The highest BCUT2D eigenvalue weighted by Gasteiger charge is 2.23. The molecule has 0 fully saturated rings. The quantitative estimate of drug-likeness (QED) is 0.267. The van der Waals surface area contributed by atoms with Gasteiger partial charge in [0.1, 0.15) is 22.5 Å². The van der Waals surface area contributed by atoms with E-state index >= 15 is 0 Å². The van der Waals surface area contributed by atoms with Gasteiger partial charge in [0.2, 0.25) is 9.84 Å². The van der Waals surface area contributed by atoms with Gasteiger partial charge in [-0.1, -0.05) is 18.2 Å². The van der Waals surface area contributed by atoms with Crippen molar-refractivity contribution in [2.24, 2.45) is 0 Å². The predicted molar refractivity (Wildman–Crippen MR) is 129 cm³/mol. The Morgan fingerprint density at radius 2 is 1.69 bits per heavy atom. The van der Waals surface area contributed by atoms with Gasteiger partial charge in [0.05, 0.1) is 24.8 Å². The van der Waals surface area contributed by atoms with Gasteiger partial charge in [-0.3, -0.25) is 0 Å². The van der Waals surface area contributed by atoms with E-state index in [0.717, 1.165) is 30.0 Å². The van der Waals surface area contributed by atoms with Gasteiger partial charge < -0.3 is 9.47 Å². The fourth-order valence-electron chi connectivity index (χ4n) is 3.47. The van der Waals surface area contributed by atoms with E-state index in [2.05, 4.69) is 5.10 Å². The largest absolute Gasteiger partial charge is 0.493 e. The van der Waals surface area contributed by atoms with Crippen LogP contribution in [0.5, 0.6) is 11.5 Å². The summed E-state index contributed by atoms with van der Waals surface area (Å²) in [7, 11) is -1.16. The van der Waals surface area contributed by atoms with Crippen LogP contribution in [0.1, 0.15) is 5.56 Å². The molecular formula is C26H20FN3O4S. The molecule has 0 bridgehead atoms. The Balaban J connectivity index is 1.90. The number of methoxy groups -OCH3 is 2. The van der Waals surface area contributed by atoms with Crippen molar-refractivity contribution in [2.75, 3.05) is 14.2 Å². The van der Waals surface area contributed by atoms with E-state index < -0.39 is 20.6 Å². The minimum atomic E-state index is -4.19. The van der Waals surface area contributed by atoms with E-state index in [1.54, 1.807) is 35.1 Å². The zero-order valence-corrected chi connectivity index (χ0v) is 19.7. The minimum absolute atomic E-state index is 0.185. The molecule has 4 rings (SSSR count). The van der Waals surface area contributed by atoms with Crippen LogP contribution in [0.3, 0.4) is 0 Å². The van der Waals surface area contributed by atoms with E-state index in [0.29, 0.717) is 28.3 Å². The van der Waals surface area contributed by atoms with Gasteiger partial charge in [-0.25, -0.2) is 17.5 Å². The molecule has 0 spiro atoms. The molecule has 1 heterocycles. The summed E-state index contributed by atoms with van der Waals surface area (Å²) in [6, 6.07) is 20.5. The summed E-state index contributed by atoms with van der Waals surface area (Å²) in [5.41, 5.74) is 2.19. The normalized spacial score (nSPS) is 11.7. The molecule has 0 amide bonds. The average Bonchev–Trinajstić information content (AvgIpc) is 3.31. The summed E-state index contributed by atoms with van der Waals surface area (Å²) in [5, 5.41) is 14.4. The molecule has 7 nitrogen and oxygen atoms in total. The molecule has 3 aromatic carbocycles. The topological polar surface area (TPSA) is 94.2 Å². The van der Waals surface area contributed by atoms with Crippen molar-refractivity contribution < 1.29 is 22.3 Å². The zero-order chi connectivity index (χ0) is 25.0. The molecular weight excluding hydrogens is 469 g/mol. The third kappa shape index (κ3) is 4.78. The summed E-state index contributed by atoms with van der Waals surface area (Å²) in [5.74, 6) is 0.410. The summed E-state index contributed by atoms with van der Waals surface area (Å²) in [6.07, 6.45) is 2.90. The maximum atomic E-state index is 13.3. The van der Waals surface area contributed by atoms with Gasteiger partial charge >= 0.3 is 0 Å². The van der Waals surface area contributed by atoms with Crippen molar-refractivity contribution in [3.8, 4) is 34.5 Å². The minimum Gasteiger partial charge on any atom is -0.493 e. The van der Waals surface area contributed by atoms with Gasteiger partial charge in [-0.2, -0.15) is 10.4 Å². The number of sulfone groups is 1. The van der Waals surface area contributed by atoms with E-state index in [1.165, 1.54) is 20.3 Å². The van der Waals surface area contributed by atoms with Crippen LogP contribution in [0, 0.1) is 17.1 Å². The van der Waals surface area contributed by atoms with Crippen molar-refractivity contribution in [3.05, 3.63) is 95.3 Å². The number of rotatable bonds is 7. The number of ether oxygens (including phenoxy) is 2. The third-order valence-electron chi connectivity index (χ3n) is 5.23. The molecule has 0 N–H and O–H groups in total. The van der Waals surface area contributed by atoms with Crippen LogP contribution < -0.4 is 9.47 Å². The first kappa shape index (κ1) is 23.7. The summed E-state index contributed by atoms with van der Waals surface area (Å²) in [6.45, 7) is 0. The van der Waals surface area contributed by atoms with Crippen LogP contribution in [0.25, 0.3) is 23.0 Å². The number of nitriles is 1. The second kappa shape index (κ2) is 9.83. The Labute approximate surface area is 202 Å². The average molecular weight is 490 g/mol. The SMILES string of the molecule is COc1ccc(-c2nn(-c3ccccc3)cc2/C=C(\C#N)S(=O)(=O)c2ccc(F)cc2)cc1OC. The molecule has 0 atom stereocenters. The van der Waals surface area contributed by atoms with E-state index in [4.69, 9.17) is 9.47 Å². The number of nitrogens with zero attached hydrogens (tertiary/aromatic N) is 3. The highest BCUT2D eigenvalue weighted by atomic mass is 32.2. The first-order valence-electron chi connectivity index (χ1n) is 10.4. The summed E-state index contributed by atoms with van der Waals surface area (Å²) in [4.78, 5) is -0.687. The molecule has 0 radical (unpaired) electrons. The van der Waals surface area contributed by atoms with Crippen molar-refractivity contribution >= 4 is 15.9 Å². The second-order valence-electron chi connectivity index (χ2n) is 7.36. The van der Waals surface area contributed by atoms with Gasteiger partial charge in [0, 0.05) is 17.3 Å². The van der Waals surface area contributed by atoms with Crippen LogP contribution in [-0.2, 0) is 9.84 Å². The van der Waals surface area contributed by atoms with Crippen LogP contribution >= 0.6 is 0 Å². The third-order valence-corrected chi connectivity index (χ3v) is 6.91. The summed E-state index contributed by atoms with van der Waals surface area (Å²) >= 11 is 0. The van der Waals surface area contributed by atoms with Crippen LogP contribution in [0.4, 0.5) is 4.39 Å². The highest BCUT2D eigenvalue weighted by molar-refractivity contribution is 7.95. The molecule has 0 aliphatic rings. The van der Waals surface area contributed by atoms with Crippen molar-refractivity contribution in [1.29, 1.82) is 5.26 Å². The lowest BCUT2D eigenvalue weighted by atomic mass is 10.1. The zero-order valence-electron chi connectivity index (χ0n) is 18.8. The van der Waals surface area contributed by atoms with Crippen LogP contribution in [0.15, 0.2) is 88.8 Å². The summed E-state index contributed by atoms with van der Waals surface area (Å²) < 4.78 is 51.8. The lowest BCUT2D eigenvalue weighted by molar-refractivity contribution is 0.355. The molecule has 9 heteroatoms. The van der Waals surface area contributed by atoms with Gasteiger partial charge in [-0.05, 0) is 60.7 Å². The van der Waals surface area contributed by atoms with Crippen molar-refractivity contribution in [2.45, 2.75) is 4.90 Å². The Morgan fingerprint density at radius 1 is 1.00 bits per heavy atom. The lowest BCUT2D eigenvalue weighted by Crippen LogP contribution is -2.03. The van der Waals surface area contributed by atoms with Gasteiger partial charge in [-0.15, -0.1) is 0 Å². The Hall–Kier alpha value is -4.42. The van der Waals surface area contributed by atoms with Gasteiger partial charge in [0.15, 0.2) is 11.5 Å². The second-order valence-corrected chi connectivity index (χ2v) is 9.28. The Kier molecular flexibility index (Phi) is 6.66. The molecule has 0 aliphatic heterocycles. The van der Waals surface area contributed by atoms with E-state index in [1.807, 2.05) is 30.3 Å². The standard InChI is InChI=1S/C26H20FN3O4S/c1-33-24-13-8-18(15-25(24)34-2)26-19(17-30(29-26)21-6-4-3-5-7-21)14-23(16-28)35(31,32)22-11-9-20(27)10-12-22/h3-15,17H,1-2H3/b23-14+. The molecule has 1 aromatic heterocycles. The molecule has 176 valence electrons. The Bertz CT molecular complexity index is 1540. The van der Waals surface area contributed by atoms with E-state index in [9.17, 15) is 18.1 Å². The predicted octanol–water partition coefficient (Wildman–Crippen LogP) is 5.03. The molecule has 4 aromatic rings. The Morgan fingerprint density at radius 3 is 2.31 bits per heavy atom. The monoisotopic (exact) mass is 489 g/mol. The molecule has 0 unspecified atom stereocenters. The number of para-hydroxylation sites is 1. The molecule has 0 saturated carbocycles. The molecule has 0 aliphatic carbocycles. The maximum Gasteiger partial charge on any atom is 0.216 e. The number of hydrogen-bond acceptors (Lipinski definition) is 6. The number of halogens is 1. The molecule has 0 saturated heterocycles. The first-order chi connectivity index (χ1) is 16.9. The number of hydrogen-bond donors (Lipinski definition) is 0. The van der Waals surface area contributed by atoms with Crippen molar-refractivity contribution in [1.82, 2.24) is 9.78 Å². The number of aromatic nitrogens is 2. The molecule has 35 heavy (non-hydrogen) atoms. The fourth-order valence-corrected chi connectivity index (χ4v) is 4.62. The van der Waals surface area contributed by atoms with Crippen molar-refractivity contribution in [3.63, 3.8) is 0 Å². The number of benzene rings is 3. The van der Waals surface area contributed by atoms with Gasteiger partial charge in [0.25, 0.3) is 0 Å². The highest BCUT2D eigenvalue weighted by Crippen LogP contribution is 2.34. The van der Waals surface area contributed by atoms with Crippen LogP contribution in [0.2, 0.25) is 0 Å². The maximum absolute atomic E-state index is 13.3.